The summed E-state index contributed by atoms with van der Waals surface area (Å²) in [5, 5.41) is 3.99. The minimum absolute atomic E-state index is 0.277. The fraction of sp³-hybridized carbons (Fsp3) is 0.745. The van der Waals surface area contributed by atoms with Gasteiger partial charge in [-0.1, -0.05) is 101 Å². The maximum absolute atomic E-state index is 13.7. The molecule has 1 heterocycles. The van der Waals surface area contributed by atoms with E-state index < -0.39 is 108 Å². The van der Waals surface area contributed by atoms with Crippen molar-refractivity contribution in [3.05, 3.63) is 58.5 Å². The van der Waals surface area contributed by atoms with Gasteiger partial charge in [-0.05, 0) is 120 Å². The fourth-order valence-electron chi connectivity index (χ4n) is 6.45. The van der Waals surface area contributed by atoms with Crippen LogP contribution in [0.15, 0.2) is 47.6 Å². The van der Waals surface area contributed by atoms with E-state index in [4.69, 9.17) is 33.2 Å². The molecule has 15 nitrogen and oxygen atoms in total. The topological polar surface area (TPSA) is 199 Å². The van der Waals surface area contributed by atoms with Crippen molar-refractivity contribution in [1.82, 2.24) is 0 Å². The Morgan fingerprint density at radius 3 is 1.62 bits per heavy atom. The van der Waals surface area contributed by atoms with Gasteiger partial charge in [0.05, 0.1) is 33.8 Å². The molecule has 1 aliphatic heterocycles. The first-order valence-corrected chi connectivity index (χ1v) is 23.9. The minimum atomic E-state index is -1.60. The lowest BCUT2D eigenvalue weighted by Crippen LogP contribution is -2.64. The second kappa shape index (κ2) is 27.4. The molecule has 1 aromatic rings. The van der Waals surface area contributed by atoms with Crippen molar-refractivity contribution < 1.29 is 57.1 Å². The van der Waals surface area contributed by atoms with Gasteiger partial charge in [0.2, 0.25) is 0 Å². The number of carbonyl (C=O) groups excluding carboxylic acids is 5. The van der Waals surface area contributed by atoms with Crippen molar-refractivity contribution in [3.63, 3.8) is 0 Å². The Hall–Kier alpha value is -4.46. The van der Waals surface area contributed by atoms with Gasteiger partial charge >= 0.3 is 29.8 Å². The molecule has 0 bridgehead atoms. The van der Waals surface area contributed by atoms with Crippen LogP contribution >= 0.6 is 0 Å². The van der Waals surface area contributed by atoms with Gasteiger partial charge in [-0.2, -0.15) is 0 Å². The van der Waals surface area contributed by atoms with Crippen LogP contribution < -0.4 is 0 Å². The Morgan fingerprint density at radius 1 is 0.667 bits per heavy atom. The normalized spacial score (nSPS) is 20.1. The molecule has 0 N–H and O–H groups in total. The second-order valence-corrected chi connectivity index (χ2v) is 21.3. The Balaban J connectivity index is 2.57. The number of nitrogens with zero attached hydrogens (tertiary/aromatic N) is 3. The summed E-state index contributed by atoms with van der Waals surface area (Å²) < 4.78 is 42.7. The third kappa shape index (κ3) is 20.6. The summed E-state index contributed by atoms with van der Waals surface area (Å²) in [5.41, 5.74) is 5.97. The summed E-state index contributed by atoms with van der Waals surface area (Å²) in [6.45, 7) is 20.9. The molecule has 0 aliphatic carbocycles. The summed E-state index contributed by atoms with van der Waals surface area (Å²) in [4.78, 5) is 70.7. The SMILES string of the molecule is CCCCCCCCCCCCC/C=C/[C@@H](OC(=O)c1ccccc1)[C@H](CO[C@@H]1O[C@H](COC(=O)C(C)(C)C)[C@H](OC(=O)C(C)(C)C)[C@H](OC(=O)C(C)(C)C)[C@H]1OC(=O)C(C)(C)C)N=[N+]=[N-]. The number of carbonyl (C=O) groups is 5. The molecule has 1 aliphatic rings. The molecular weight excluding hydrogens is 847 g/mol. The van der Waals surface area contributed by atoms with Crippen LogP contribution in [0.25, 0.3) is 10.4 Å². The highest BCUT2D eigenvalue weighted by Gasteiger charge is 2.55. The van der Waals surface area contributed by atoms with E-state index in [-0.39, 0.29) is 5.56 Å². The third-order valence-corrected chi connectivity index (χ3v) is 10.7. The first-order valence-electron chi connectivity index (χ1n) is 23.9. The molecule has 1 saturated heterocycles. The number of hydrogen-bond acceptors (Lipinski definition) is 13. The molecule has 0 unspecified atom stereocenters. The van der Waals surface area contributed by atoms with Crippen LogP contribution in [0.2, 0.25) is 0 Å². The number of unbranched alkanes of at least 4 members (excludes halogenated alkanes) is 11. The predicted octanol–water partition coefficient (Wildman–Crippen LogP) is 11.4. The molecule has 372 valence electrons. The molecular formula is C51H81N3O12. The van der Waals surface area contributed by atoms with Crippen molar-refractivity contribution in [2.75, 3.05) is 13.2 Å². The van der Waals surface area contributed by atoms with Gasteiger partial charge in [-0.15, -0.1) is 0 Å². The van der Waals surface area contributed by atoms with Crippen LogP contribution in [0.1, 0.15) is 177 Å². The smallest absolute Gasteiger partial charge is 0.338 e. The molecule has 0 aromatic heterocycles. The van der Waals surface area contributed by atoms with E-state index in [1.807, 2.05) is 6.08 Å². The molecule has 1 fully saturated rings. The van der Waals surface area contributed by atoms with Gasteiger partial charge in [0.15, 0.2) is 24.6 Å². The predicted molar refractivity (Wildman–Crippen MR) is 252 cm³/mol. The van der Waals surface area contributed by atoms with E-state index in [1.165, 1.54) is 51.4 Å². The third-order valence-electron chi connectivity index (χ3n) is 10.7. The molecule has 1 aromatic carbocycles. The lowest BCUT2D eigenvalue weighted by Gasteiger charge is -2.46. The second-order valence-electron chi connectivity index (χ2n) is 21.3. The standard InChI is InChI=1S/C51H81N3O12/c1-14-15-16-17-18-19-20-21-22-23-24-25-29-32-37(62-42(55)35-30-27-26-28-31-35)36(53-54-52)33-60-43-41(66-47(59)51(11,12)13)40(65-46(58)50(8,9)10)39(64-45(57)49(5,6)7)38(63-43)34-61-44(56)48(2,3)4/h26-32,36-41,43H,14-25,33-34H2,1-13H3/b32-29+/t36-,37+,38+,39-,40-,41+,43+/m0/s1. The van der Waals surface area contributed by atoms with E-state index in [1.54, 1.807) is 119 Å². The summed E-state index contributed by atoms with van der Waals surface area (Å²) in [7, 11) is 0. The van der Waals surface area contributed by atoms with E-state index in [0.29, 0.717) is 6.42 Å². The summed E-state index contributed by atoms with van der Waals surface area (Å²) >= 11 is 0. The van der Waals surface area contributed by atoms with Gasteiger partial charge in [-0.25, -0.2) is 4.79 Å². The van der Waals surface area contributed by atoms with Gasteiger partial charge in [0, 0.05) is 4.91 Å². The van der Waals surface area contributed by atoms with Crippen molar-refractivity contribution >= 4 is 29.8 Å². The molecule has 2 rings (SSSR count). The van der Waals surface area contributed by atoms with Crippen LogP contribution in [0.3, 0.4) is 0 Å². The van der Waals surface area contributed by atoms with Crippen LogP contribution in [-0.4, -0.2) is 85.9 Å². The monoisotopic (exact) mass is 928 g/mol. The Labute approximate surface area is 394 Å². The number of allylic oxidation sites excluding steroid dienone is 1. The summed E-state index contributed by atoms with van der Waals surface area (Å²) in [6.07, 6.45) is 8.72. The Morgan fingerprint density at radius 2 is 1.14 bits per heavy atom. The number of ether oxygens (including phenoxy) is 7. The average Bonchev–Trinajstić information content (AvgIpc) is 3.23. The van der Waals surface area contributed by atoms with E-state index in [0.717, 1.165) is 19.3 Å². The number of esters is 5. The largest absolute Gasteiger partial charge is 0.462 e. The highest BCUT2D eigenvalue weighted by molar-refractivity contribution is 5.89. The quantitative estimate of drug-likeness (QED) is 0.0171. The zero-order chi connectivity index (χ0) is 49.7. The Bertz CT molecular complexity index is 1750. The fourth-order valence-corrected chi connectivity index (χ4v) is 6.45. The molecule has 0 amide bonds. The number of benzene rings is 1. The lowest BCUT2D eigenvalue weighted by atomic mass is 9.93. The van der Waals surface area contributed by atoms with Crippen molar-refractivity contribution in [2.24, 2.45) is 26.8 Å². The zero-order valence-corrected chi connectivity index (χ0v) is 42.2. The van der Waals surface area contributed by atoms with Crippen LogP contribution in [0.4, 0.5) is 0 Å². The highest BCUT2D eigenvalue weighted by Crippen LogP contribution is 2.35. The zero-order valence-electron chi connectivity index (χ0n) is 42.2. The van der Waals surface area contributed by atoms with Gasteiger partial charge < -0.3 is 33.2 Å². The average molecular weight is 928 g/mol. The van der Waals surface area contributed by atoms with Crippen molar-refractivity contribution in [2.45, 2.75) is 210 Å². The Kier molecular flexibility index (Phi) is 23.9. The van der Waals surface area contributed by atoms with E-state index in [2.05, 4.69) is 16.9 Å². The number of rotatable bonds is 25. The van der Waals surface area contributed by atoms with Crippen molar-refractivity contribution in [1.29, 1.82) is 0 Å². The van der Waals surface area contributed by atoms with E-state index >= 15 is 0 Å². The lowest BCUT2D eigenvalue weighted by molar-refractivity contribution is -0.313. The van der Waals surface area contributed by atoms with Crippen LogP contribution in [0.5, 0.6) is 0 Å². The van der Waals surface area contributed by atoms with Crippen LogP contribution in [0, 0.1) is 21.7 Å². The molecule has 15 heteroatoms. The summed E-state index contributed by atoms with van der Waals surface area (Å²) in [6, 6.07) is 7.18. The molecule has 0 saturated carbocycles. The van der Waals surface area contributed by atoms with Gasteiger partial charge in [0.1, 0.15) is 24.9 Å². The summed E-state index contributed by atoms with van der Waals surface area (Å²) in [5.74, 6) is -3.42. The maximum Gasteiger partial charge on any atom is 0.338 e. The maximum atomic E-state index is 13.7. The minimum Gasteiger partial charge on any atom is -0.462 e. The first-order chi connectivity index (χ1) is 30.8. The molecule has 0 radical (unpaired) electrons. The van der Waals surface area contributed by atoms with Gasteiger partial charge in [0.25, 0.3) is 0 Å². The first kappa shape index (κ1) is 57.7. The highest BCUT2D eigenvalue weighted by atomic mass is 16.7. The van der Waals surface area contributed by atoms with Gasteiger partial charge in [-0.3, -0.25) is 19.2 Å². The molecule has 0 spiro atoms. The molecule has 7 atom stereocenters. The van der Waals surface area contributed by atoms with E-state index in [9.17, 15) is 29.5 Å². The number of azide groups is 1. The van der Waals surface area contributed by atoms with Crippen molar-refractivity contribution in [3.8, 4) is 0 Å². The number of hydrogen-bond donors (Lipinski definition) is 0. The molecule has 66 heavy (non-hydrogen) atoms. The van der Waals surface area contributed by atoms with Crippen LogP contribution in [-0.2, 0) is 52.3 Å².